The summed E-state index contributed by atoms with van der Waals surface area (Å²) >= 11 is 0. The Morgan fingerprint density at radius 1 is 1.43 bits per heavy atom. The van der Waals surface area contributed by atoms with Gasteiger partial charge in [0.2, 0.25) is 0 Å². The molecule has 3 fully saturated rings. The van der Waals surface area contributed by atoms with Crippen molar-refractivity contribution >= 4 is 0 Å². The van der Waals surface area contributed by atoms with Crippen molar-refractivity contribution in [2.45, 2.75) is 57.9 Å². The van der Waals surface area contributed by atoms with Crippen molar-refractivity contribution in [1.29, 1.82) is 0 Å². The maximum Gasteiger partial charge on any atom is 0.0431 e. The van der Waals surface area contributed by atoms with E-state index in [9.17, 15) is 0 Å². The summed E-state index contributed by atoms with van der Waals surface area (Å²) in [5, 5.41) is 0. The zero-order valence-corrected chi connectivity index (χ0v) is 9.27. The summed E-state index contributed by atoms with van der Waals surface area (Å²) in [6, 6.07) is 0. The van der Waals surface area contributed by atoms with E-state index >= 15 is 0 Å². The molecule has 1 atom stereocenters. The highest BCUT2D eigenvalue weighted by atomic mass is 15.3. The quantitative estimate of drug-likeness (QED) is 0.657. The number of nitrogens with zero attached hydrogens (tertiary/aromatic N) is 1. The Morgan fingerprint density at radius 3 is 2.86 bits per heavy atom. The van der Waals surface area contributed by atoms with Crippen LogP contribution in [0.5, 0.6) is 0 Å². The Morgan fingerprint density at radius 2 is 2.21 bits per heavy atom. The molecule has 0 bridgehead atoms. The van der Waals surface area contributed by atoms with Crippen molar-refractivity contribution in [2.24, 2.45) is 11.3 Å². The van der Waals surface area contributed by atoms with Crippen molar-refractivity contribution in [1.82, 2.24) is 4.90 Å². The van der Waals surface area contributed by atoms with Gasteiger partial charge in [0.25, 0.3) is 0 Å². The second kappa shape index (κ2) is 2.75. The number of rotatable bonds is 2. The lowest BCUT2D eigenvalue weighted by molar-refractivity contribution is 0.163. The van der Waals surface area contributed by atoms with Crippen LogP contribution in [-0.2, 0) is 0 Å². The topological polar surface area (TPSA) is 3.24 Å². The van der Waals surface area contributed by atoms with Crippen LogP contribution in [0.15, 0.2) is 0 Å². The zero-order valence-electron chi connectivity index (χ0n) is 13.3. The average Bonchev–Trinajstić information content (AvgIpc) is 2.81. The number of hydrogen-bond donors (Lipinski definition) is 0. The lowest BCUT2D eigenvalue weighted by Crippen LogP contribution is -2.39. The van der Waals surface area contributed by atoms with Gasteiger partial charge in [-0.3, -0.25) is 4.90 Å². The molecule has 1 aliphatic carbocycles. The van der Waals surface area contributed by atoms with Crippen molar-refractivity contribution in [3.05, 3.63) is 0 Å². The Hall–Kier alpha value is -0.0400. The highest BCUT2D eigenvalue weighted by molar-refractivity contribution is 5.13. The van der Waals surface area contributed by atoms with Crippen LogP contribution in [-0.4, -0.2) is 23.5 Å². The highest BCUT2D eigenvalue weighted by Crippen LogP contribution is 2.61. The SMILES string of the molecule is [2H]C1([2H])CC[C@@]2(C([2H])([2H])C(C)C)CC3(CC3)CN12. The summed E-state index contributed by atoms with van der Waals surface area (Å²) in [7, 11) is 0. The first-order chi connectivity index (χ1) is 8.15. The van der Waals surface area contributed by atoms with Crippen molar-refractivity contribution in [3.8, 4) is 0 Å². The van der Waals surface area contributed by atoms with Gasteiger partial charge in [0.05, 0.1) is 0 Å². The molecule has 80 valence electrons. The largest absolute Gasteiger partial charge is 0.297 e. The molecule has 14 heavy (non-hydrogen) atoms. The van der Waals surface area contributed by atoms with Crippen LogP contribution in [0.3, 0.4) is 0 Å². The van der Waals surface area contributed by atoms with Crippen molar-refractivity contribution in [2.75, 3.05) is 13.0 Å². The molecule has 2 aliphatic heterocycles. The molecule has 0 unspecified atom stereocenters. The van der Waals surface area contributed by atoms with E-state index in [1.807, 2.05) is 18.7 Å². The van der Waals surface area contributed by atoms with Crippen molar-refractivity contribution < 1.29 is 5.48 Å². The first-order valence-corrected chi connectivity index (χ1v) is 5.93. The van der Waals surface area contributed by atoms with Gasteiger partial charge in [-0.05, 0) is 56.3 Å². The molecular formula is C13H23N. The summed E-state index contributed by atoms with van der Waals surface area (Å²) in [5.74, 6) is -0.0669. The molecular weight excluding hydrogens is 170 g/mol. The predicted octanol–water partition coefficient (Wildman–Crippen LogP) is 3.05. The molecule has 1 heteroatoms. The molecule has 1 nitrogen and oxygen atoms in total. The molecule has 0 aromatic heterocycles. The summed E-state index contributed by atoms with van der Waals surface area (Å²) in [4.78, 5) is 1.90. The van der Waals surface area contributed by atoms with Crippen LogP contribution in [0.25, 0.3) is 0 Å². The summed E-state index contributed by atoms with van der Waals surface area (Å²) in [6.07, 6.45) is 3.04. The van der Waals surface area contributed by atoms with Gasteiger partial charge in [-0.25, -0.2) is 0 Å². The van der Waals surface area contributed by atoms with E-state index < -0.39 is 18.4 Å². The van der Waals surface area contributed by atoms with Crippen LogP contribution in [0.1, 0.15) is 57.8 Å². The Balaban J connectivity index is 2.03. The fraction of sp³-hybridized carbons (Fsp3) is 1.00. The average molecular weight is 197 g/mol. The van der Waals surface area contributed by atoms with E-state index in [1.54, 1.807) is 0 Å². The molecule has 0 radical (unpaired) electrons. The van der Waals surface area contributed by atoms with Crippen LogP contribution in [0, 0.1) is 11.3 Å². The Kier molecular flexibility index (Phi) is 1.16. The summed E-state index contributed by atoms with van der Waals surface area (Å²) in [5.41, 5.74) is -0.308. The normalized spacial score (nSPS) is 48.5. The molecule has 0 aromatic rings. The van der Waals surface area contributed by atoms with Crippen LogP contribution in [0.4, 0.5) is 0 Å². The molecule has 2 heterocycles. The van der Waals surface area contributed by atoms with Gasteiger partial charge >= 0.3 is 0 Å². The third-order valence-electron chi connectivity index (χ3n) is 4.03. The highest BCUT2D eigenvalue weighted by Gasteiger charge is 2.59. The van der Waals surface area contributed by atoms with E-state index in [1.165, 1.54) is 0 Å². The summed E-state index contributed by atoms with van der Waals surface area (Å²) in [6.45, 7) is 3.32. The third kappa shape index (κ3) is 1.25. The molecule has 3 aliphatic rings. The standard InChI is InChI=1S/C13H23N/c1-11(2)8-13-4-3-7-14(13)10-12(9-13)5-6-12/h11H,3-10H2,1-2H3/t13-/m1/s1/i7D2,8D2. The van der Waals surface area contributed by atoms with Gasteiger partial charge in [-0.15, -0.1) is 0 Å². The van der Waals surface area contributed by atoms with Gasteiger partial charge < -0.3 is 0 Å². The van der Waals surface area contributed by atoms with Gasteiger partial charge in [0.1, 0.15) is 0 Å². The predicted molar refractivity (Wildman–Crippen MR) is 59.3 cm³/mol. The number of hydrogen-bond acceptors (Lipinski definition) is 1. The molecule has 0 amide bonds. The first kappa shape index (κ1) is 5.89. The molecule has 1 saturated carbocycles. The Labute approximate surface area is 93.5 Å². The Bertz CT molecular complexity index is 375. The second-order valence-electron chi connectivity index (χ2n) is 5.75. The summed E-state index contributed by atoms with van der Waals surface area (Å²) < 4.78 is 33.5. The fourth-order valence-corrected chi connectivity index (χ4v) is 3.34. The second-order valence-corrected chi connectivity index (χ2v) is 5.75. The van der Waals surface area contributed by atoms with Gasteiger partial charge in [0, 0.05) is 17.6 Å². The van der Waals surface area contributed by atoms with Gasteiger partial charge in [-0.2, -0.15) is 0 Å². The number of fused-ring (bicyclic) bond motifs is 1. The lowest BCUT2D eigenvalue weighted by atomic mass is 9.82. The van der Waals surface area contributed by atoms with E-state index in [4.69, 9.17) is 5.48 Å². The van der Waals surface area contributed by atoms with Crippen LogP contribution < -0.4 is 0 Å². The van der Waals surface area contributed by atoms with E-state index in [-0.39, 0.29) is 11.3 Å². The van der Waals surface area contributed by atoms with E-state index in [0.717, 1.165) is 25.8 Å². The van der Waals surface area contributed by atoms with Crippen LogP contribution >= 0.6 is 0 Å². The molecule has 2 saturated heterocycles. The van der Waals surface area contributed by atoms with Crippen molar-refractivity contribution in [3.63, 3.8) is 0 Å². The fourth-order valence-electron chi connectivity index (χ4n) is 3.34. The van der Waals surface area contributed by atoms with Gasteiger partial charge in [-0.1, -0.05) is 13.8 Å². The minimum absolute atomic E-state index is 0.0669. The molecule has 0 N–H and O–H groups in total. The van der Waals surface area contributed by atoms with Gasteiger partial charge in [0.15, 0.2) is 0 Å². The minimum atomic E-state index is -1.31. The van der Waals surface area contributed by atoms with E-state index in [0.29, 0.717) is 12.8 Å². The third-order valence-corrected chi connectivity index (χ3v) is 4.03. The minimum Gasteiger partial charge on any atom is -0.297 e. The molecule has 1 spiro atoms. The molecule has 0 aromatic carbocycles. The monoisotopic (exact) mass is 197 g/mol. The maximum absolute atomic E-state index is 8.54. The molecule has 3 rings (SSSR count). The first-order valence-electron chi connectivity index (χ1n) is 7.93. The zero-order chi connectivity index (χ0) is 13.4. The van der Waals surface area contributed by atoms with E-state index in [2.05, 4.69) is 0 Å². The lowest BCUT2D eigenvalue weighted by Gasteiger charge is -2.33. The smallest absolute Gasteiger partial charge is 0.0431 e. The van der Waals surface area contributed by atoms with Crippen LogP contribution in [0.2, 0.25) is 0 Å². The maximum atomic E-state index is 8.54.